The number of nitrogens with one attached hydrogen (secondary N) is 1. The minimum Gasteiger partial charge on any atom is -0.469 e. The number of pyridine rings is 1. The van der Waals surface area contributed by atoms with Gasteiger partial charge in [0, 0.05) is 29.7 Å². The van der Waals surface area contributed by atoms with E-state index in [9.17, 15) is 14.0 Å². The van der Waals surface area contributed by atoms with Gasteiger partial charge in [-0.15, -0.1) is 0 Å². The van der Waals surface area contributed by atoms with Crippen molar-refractivity contribution < 1.29 is 18.7 Å². The molecule has 0 aliphatic heterocycles. The van der Waals surface area contributed by atoms with Crippen LogP contribution in [0.15, 0.2) is 66.7 Å². The summed E-state index contributed by atoms with van der Waals surface area (Å²) < 4.78 is 17.8. The molecule has 1 amide bonds. The molecule has 2 aromatic carbocycles. The van der Waals surface area contributed by atoms with Crippen LogP contribution in [-0.4, -0.2) is 24.0 Å². The van der Waals surface area contributed by atoms with Gasteiger partial charge in [0.1, 0.15) is 5.82 Å². The van der Waals surface area contributed by atoms with Crippen molar-refractivity contribution in [2.75, 3.05) is 12.4 Å². The van der Waals surface area contributed by atoms with Crippen molar-refractivity contribution in [3.8, 4) is 22.5 Å². The number of rotatable bonds is 8. The molecule has 154 valence electrons. The normalized spacial score (nSPS) is 10.5. The lowest BCUT2D eigenvalue weighted by Crippen LogP contribution is -2.11. The monoisotopic (exact) mass is 406 g/mol. The third kappa shape index (κ3) is 5.98. The Labute approximate surface area is 174 Å². The van der Waals surface area contributed by atoms with E-state index in [1.807, 2.05) is 42.5 Å². The molecule has 1 N–H and O–H groups in total. The summed E-state index contributed by atoms with van der Waals surface area (Å²) in [5.41, 5.74) is 3.87. The molecule has 0 fully saturated rings. The number of hydrogen-bond acceptors (Lipinski definition) is 4. The smallest absolute Gasteiger partial charge is 0.305 e. The standard InChI is InChI=1S/C24H23FN2O3/c1-30-24(29)11-3-2-10-23(28)26-20-7-4-6-18(16-20)22-9-5-8-21(27-22)17-12-14-19(25)15-13-17/h4-9,12-16H,2-3,10-11H2,1H3,(H,26,28). The lowest BCUT2D eigenvalue weighted by molar-refractivity contribution is -0.140. The molecule has 0 bridgehead atoms. The summed E-state index contributed by atoms with van der Waals surface area (Å²) >= 11 is 0. The summed E-state index contributed by atoms with van der Waals surface area (Å²) in [6, 6.07) is 19.3. The largest absolute Gasteiger partial charge is 0.469 e. The Hall–Kier alpha value is -3.54. The molecule has 0 saturated heterocycles. The molecule has 1 aromatic heterocycles. The number of unbranched alkanes of at least 4 members (excludes halogenated alkanes) is 1. The van der Waals surface area contributed by atoms with Gasteiger partial charge in [0.05, 0.1) is 18.5 Å². The van der Waals surface area contributed by atoms with Gasteiger partial charge in [0.15, 0.2) is 0 Å². The number of hydrogen-bond donors (Lipinski definition) is 1. The fourth-order valence-electron chi connectivity index (χ4n) is 3.01. The Balaban J connectivity index is 1.65. The minimum atomic E-state index is -0.288. The fraction of sp³-hybridized carbons (Fsp3) is 0.208. The lowest BCUT2D eigenvalue weighted by atomic mass is 10.1. The number of halogens is 1. The molecule has 0 unspecified atom stereocenters. The number of methoxy groups -OCH3 is 1. The molecule has 3 rings (SSSR count). The van der Waals surface area contributed by atoms with Gasteiger partial charge in [-0.25, -0.2) is 9.37 Å². The summed E-state index contributed by atoms with van der Waals surface area (Å²) in [5.74, 6) is -0.660. The SMILES string of the molecule is COC(=O)CCCCC(=O)Nc1cccc(-c2cccc(-c3ccc(F)cc3)n2)c1. The first-order valence-electron chi connectivity index (χ1n) is 9.75. The molecule has 0 saturated carbocycles. The second-order valence-electron chi connectivity index (χ2n) is 6.83. The molecule has 0 radical (unpaired) electrons. The van der Waals surface area contributed by atoms with Gasteiger partial charge in [0.2, 0.25) is 5.91 Å². The highest BCUT2D eigenvalue weighted by molar-refractivity contribution is 5.91. The van der Waals surface area contributed by atoms with E-state index in [1.165, 1.54) is 19.2 Å². The molecule has 0 atom stereocenters. The highest BCUT2D eigenvalue weighted by Gasteiger charge is 2.08. The predicted molar refractivity (Wildman–Crippen MR) is 114 cm³/mol. The first-order valence-corrected chi connectivity index (χ1v) is 9.75. The first-order chi connectivity index (χ1) is 14.5. The van der Waals surface area contributed by atoms with Gasteiger partial charge < -0.3 is 10.1 Å². The molecule has 6 heteroatoms. The molecule has 0 spiro atoms. The fourth-order valence-corrected chi connectivity index (χ4v) is 3.01. The number of ether oxygens (including phenoxy) is 1. The van der Waals surface area contributed by atoms with Gasteiger partial charge in [-0.3, -0.25) is 9.59 Å². The first kappa shape index (κ1) is 21.2. The van der Waals surface area contributed by atoms with E-state index >= 15 is 0 Å². The van der Waals surface area contributed by atoms with Crippen LogP contribution in [0.25, 0.3) is 22.5 Å². The average molecular weight is 406 g/mol. The van der Waals surface area contributed by atoms with Gasteiger partial charge in [-0.05, 0) is 61.4 Å². The molecular weight excluding hydrogens is 383 g/mol. The van der Waals surface area contributed by atoms with E-state index in [2.05, 4.69) is 15.0 Å². The Morgan fingerprint density at radius 2 is 1.57 bits per heavy atom. The molecule has 3 aromatic rings. The number of esters is 1. The van der Waals surface area contributed by atoms with E-state index in [0.717, 1.165) is 22.5 Å². The van der Waals surface area contributed by atoms with E-state index in [4.69, 9.17) is 0 Å². The van der Waals surface area contributed by atoms with Gasteiger partial charge in [0.25, 0.3) is 0 Å². The maximum Gasteiger partial charge on any atom is 0.305 e. The topological polar surface area (TPSA) is 68.3 Å². The number of carbonyl (C=O) groups is 2. The molecule has 30 heavy (non-hydrogen) atoms. The van der Waals surface area contributed by atoms with E-state index in [-0.39, 0.29) is 17.7 Å². The second kappa shape index (κ2) is 10.3. The zero-order valence-corrected chi connectivity index (χ0v) is 16.7. The Morgan fingerprint density at radius 1 is 0.900 bits per heavy atom. The summed E-state index contributed by atoms with van der Waals surface area (Å²) in [5, 5.41) is 2.88. The zero-order chi connectivity index (χ0) is 21.3. The van der Waals surface area contributed by atoms with Crippen molar-refractivity contribution in [2.24, 2.45) is 0 Å². The molecule has 1 heterocycles. The Morgan fingerprint density at radius 3 is 2.30 bits per heavy atom. The molecular formula is C24H23FN2O3. The molecule has 0 aliphatic rings. The second-order valence-corrected chi connectivity index (χ2v) is 6.83. The van der Waals surface area contributed by atoms with Crippen LogP contribution in [0.3, 0.4) is 0 Å². The quantitative estimate of drug-likeness (QED) is 0.411. The van der Waals surface area contributed by atoms with Crippen LogP contribution in [0.4, 0.5) is 10.1 Å². The van der Waals surface area contributed by atoms with Crippen LogP contribution in [-0.2, 0) is 14.3 Å². The molecule has 0 aliphatic carbocycles. The van der Waals surface area contributed by atoms with Crippen LogP contribution in [0.5, 0.6) is 0 Å². The van der Waals surface area contributed by atoms with Crippen LogP contribution in [0.1, 0.15) is 25.7 Å². The van der Waals surface area contributed by atoms with Crippen LogP contribution < -0.4 is 5.32 Å². The van der Waals surface area contributed by atoms with Crippen molar-refractivity contribution in [2.45, 2.75) is 25.7 Å². The number of carbonyl (C=O) groups excluding carboxylic acids is 2. The predicted octanol–water partition coefficient (Wildman–Crippen LogP) is 5.23. The van der Waals surface area contributed by atoms with Gasteiger partial charge in [-0.2, -0.15) is 0 Å². The summed E-state index contributed by atoms with van der Waals surface area (Å²) in [6.07, 6.45) is 1.87. The summed E-state index contributed by atoms with van der Waals surface area (Å²) in [6.45, 7) is 0. The van der Waals surface area contributed by atoms with E-state index in [0.29, 0.717) is 31.4 Å². The molecule has 5 nitrogen and oxygen atoms in total. The van der Waals surface area contributed by atoms with Crippen molar-refractivity contribution in [1.29, 1.82) is 0 Å². The zero-order valence-electron chi connectivity index (χ0n) is 16.7. The van der Waals surface area contributed by atoms with Crippen LogP contribution >= 0.6 is 0 Å². The van der Waals surface area contributed by atoms with E-state index in [1.54, 1.807) is 12.1 Å². The number of amides is 1. The van der Waals surface area contributed by atoms with Gasteiger partial charge in [-0.1, -0.05) is 18.2 Å². The van der Waals surface area contributed by atoms with E-state index < -0.39 is 0 Å². The van der Waals surface area contributed by atoms with Crippen molar-refractivity contribution in [3.63, 3.8) is 0 Å². The number of benzene rings is 2. The third-order valence-electron chi connectivity index (χ3n) is 4.59. The summed E-state index contributed by atoms with van der Waals surface area (Å²) in [7, 11) is 1.35. The Kier molecular flexibility index (Phi) is 7.27. The van der Waals surface area contributed by atoms with Crippen molar-refractivity contribution >= 4 is 17.6 Å². The average Bonchev–Trinajstić information content (AvgIpc) is 2.77. The maximum atomic E-state index is 13.2. The number of nitrogens with zero attached hydrogens (tertiary/aromatic N) is 1. The number of aromatic nitrogens is 1. The van der Waals surface area contributed by atoms with Crippen molar-refractivity contribution in [1.82, 2.24) is 4.98 Å². The highest BCUT2D eigenvalue weighted by Crippen LogP contribution is 2.25. The van der Waals surface area contributed by atoms with Crippen molar-refractivity contribution in [3.05, 3.63) is 72.5 Å². The Bertz CT molecular complexity index is 1020. The minimum absolute atomic E-state index is 0.106. The third-order valence-corrected chi connectivity index (χ3v) is 4.59. The highest BCUT2D eigenvalue weighted by atomic mass is 19.1. The maximum absolute atomic E-state index is 13.2. The van der Waals surface area contributed by atoms with Crippen LogP contribution in [0, 0.1) is 5.82 Å². The lowest BCUT2D eigenvalue weighted by Gasteiger charge is -2.09. The van der Waals surface area contributed by atoms with Crippen LogP contribution in [0.2, 0.25) is 0 Å². The van der Waals surface area contributed by atoms with Gasteiger partial charge >= 0.3 is 5.97 Å². The summed E-state index contributed by atoms with van der Waals surface area (Å²) in [4.78, 5) is 27.9. The number of anilines is 1.